The van der Waals surface area contributed by atoms with Gasteiger partial charge >= 0.3 is 0 Å². The third-order valence-corrected chi connectivity index (χ3v) is 3.48. The third kappa shape index (κ3) is 3.18. The van der Waals surface area contributed by atoms with Crippen LogP contribution in [0.1, 0.15) is 23.7 Å². The van der Waals surface area contributed by atoms with Crippen LogP contribution in [0.15, 0.2) is 47.1 Å². The van der Waals surface area contributed by atoms with E-state index in [4.69, 9.17) is 5.73 Å². The van der Waals surface area contributed by atoms with Crippen LogP contribution in [0.4, 0.5) is 0 Å². The molecule has 0 amide bonds. The van der Waals surface area contributed by atoms with Crippen molar-refractivity contribution < 1.29 is 0 Å². The molecule has 2 N–H and O–H groups in total. The summed E-state index contributed by atoms with van der Waals surface area (Å²) in [5, 5.41) is 0. The summed E-state index contributed by atoms with van der Waals surface area (Å²) in [5.74, 6) is 0. The molecule has 18 heavy (non-hydrogen) atoms. The fourth-order valence-electron chi connectivity index (χ4n) is 1.99. The molecular weight excluding hydrogens is 288 g/mol. The van der Waals surface area contributed by atoms with Crippen LogP contribution in [0.2, 0.25) is 0 Å². The first-order valence-electron chi connectivity index (χ1n) is 5.94. The normalized spacial score (nSPS) is 14.2. The second kappa shape index (κ2) is 5.21. The Hall–Kier alpha value is -1.19. The first-order chi connectivity index (χ1) is 8.47. The molecular formula is C15H17BrN2. The third-order valence-electron chi connectivity index (χ3n) is 3.01. The van der Waals surface area contributed by atoms with Gasteiger partial charge in [-0.05, 0) is 47.5 Å². The zero-order valence-electron chi connectivity index (χ0n) is 10.7. The molecule has 0 aliphatic rings. The summed E-state index contributed by atoms with van der Waals surface area (Å²) in [6, 6.07) is 12.3. The number of nitrogens with two attached hydrogens (primary N) is 1. The molecule has 2 nitrogen and oxygen atoms in total. The van der Waals surface area contributed by atoms with E-state index < -0.39 is 5.54 Å². The van der Waals surface area contributed by atoms with Gasteiger partial charge in [-0.3, -0.25) is 4.98 Å². The van der Waals surface area contributed by atoms with Gasteiger partial charge in [-0.25, -0.2) is 0 Å². The molecule has 0 aliphatic heterocycles. The van der Waals surface area contributed by atoms with E-state index in [2.05, 4.69) is 46.0 Å². The van der Waals surface area contributed by atoms with E-state index in [1.54, 1.807) is 0 Å². The summed E-state index contributed by atoms with van der Waals surface area (Å²) in [6.45, 7) is 4.13. The summed E-state index contributed by atoms with van der Waals surface area (Å²) in [5.41, 5.74) is 9.41. The minimum absolute atomic E-state index is 0.396. The quantitative estimate of drug-likeness (QED) is 0.941. The number of nitrogens with zero attached hydrogens (tertiary/aromatic N) is 1. The molecule has 1 heterocycles. The molecule has 1 aromatic carbocycles. The smallest absolute Gasteiger partial charge is 0.0437 e. The highest BCUT2D eigenvalue weighted by Gasteiger charge is 2.22. The first kappa shape index (κ1) is 13.2. The average Bonchev–Trinajstić information content (AvgIpc) is 2.32. The highest BCUT2D eigenvalue weighted by Crippen LogP contribution is 2.23. The van der Waals surface area contributed by atoms with Gasteiger partial charge < -0.3 is 5.73 Å². The number of aryl methyl sites for hydroxylation is 1. The van der Waals surface area contributed by atoms with Gasteiger partial charge in [0.15, 0.2) is 0 Å². The van der Waals surface area contributed by atoms with E-state index in [9.17, 15) is 0 Å². The Morgan fingerprint density at radius 1 is 1.28 bits per heavy atom. The minimum atomic E-state index is -0.396. The van der Waals surface area contributed by atoms with Crippen molar-refractivity contribution in [2.45, 2.75) is 25.8 Å². The van der Waals surface area contributed by atoms with Crippen LogP contribution in [0, 0.1) is 6.92 Å². The number of halogens is 1. The zero-order valence-corrected chi connectivity index (χ0v) is 12.2. The Morgan fingerprint density at radius 2 is 2.06 bits per heavy atom. The lowest BCUT2D eigenvalue weighted by molar-refractivity contribution is 0.485. The van der Waals surface area contributed by atoms with Crippen molar-refractivity contribution in [3.8, 4) is 0 Å². The monoisotopic (exact) mass is 304 g/mol. The second-order valence-electron chi connectivity index (χ2n) is 4.93. The van der Waals surface area contributed by atoms with Crippen molar-refractivity contribution in [3.63, 3.8) is 0 Å². The lowest BCUT2D eigenvalue weighted by Crippen LogP contribution is -2.35. The molecule has 0 spiro atoms. The predicted molar refractivity (Wildman–Crippen MR) is 78.4 cm³/mol. The van der Waals surface area contributed by atoms with Crippen molar-refractivity contribution in [1.82, 2.24) is 4.98 Å². The molecule has 0 saturated heterocycles. The van der Waals surface area contributed by atoms with E-state index in [-0.39, 0.29) is 0 Å². The number of pyridine rings is 1. The van der Waals surface area contributed by atoms with Crippen molar-refractivity contribution in [2.24, 2.45) is 5.73 Å². The molecule has 0 aliphatic carbocycles. The van der Waals surface area contributed by atoms with Crippen LogP contribution < -0.4 is 5.73 Å². The molecule has 1 unspecified atom stereocenters. The number of hydrogen-bond acceptors (Lipinski definition) is 2. The molecule has 3 heteroatoms. The molecule has 2 rings (SSSR count). The predicted octanol–water partition coefficient (Wildman–Crippen LogP) is 3.57. The van der Waals surface area contributed by atoms with Gasteiger partial charge in [0.1, 0.15) is 0 Å². The van der Waals surface area contributed by atoms with E-state index in [1.807, 2.05) is 31.3 Å². The largest absolute Gasteiger partial charge is 0.321 e. The highest BCUT2D eigenvalue weighted by atomic mass is 79.9. The molecule has 94 valence electrons. The summed E-state index contributed by atoms with van der Waals surface area (Å²) in [7, 11) is 0. The topological polar surface area (TPSA) is 38.9 Å². The van der Waals surface area contributed by atoms with Gasteiger partial charge in [-0.15, -0.1) is 0 Å². The standard InChI is InChI=1S/C15H17BrN2/c1-11-4-3-5-12(8-11)15(2,17)9-14-7-6-13(16)10-18-14/h3-8,10H,9,17H2,1-2H3. The van der Waals surface area contributed by atoms with Gasteiger partial charge in [0.05, 0.1) is 0 Å². The Morgan fingerprint density at radius 3 is 2.67 bits per heavy atom. The molecule has 0 fully saturated rings. The molecule has 1 aromatic heterocycles. The average molecular weight is 305 g/mol. The Balaban J connectivity index is 2.23. The molecule has 2 aromatic rings. The van der Waals surface area contributed by atoms with Gasteiger partial charge in [0, 0.05) is 28.3 Å². The van der Waals surface area contributed by atoms with E-state index in [1.165, 1.54) is 5.56 Å². The van der Waals surface area contributed by atoms with Crippen LogP contribution in [0.5, 0.6) is 0 Å². The summed E-state index contributed by atoms with van der Waals surface area (Å²) in [6.07, 6.45) is 2.53. The lowest BCUT2D eigenvalue weighted by atomic mass is 9.87. The van der Waals surface area contributed by atoms with Crippen LogP contribution in [-0.4, -0.2) is 4.98 Å². The first-order valence-corrected chi connectivity index (χ1v) is 6.73. The second-order valence-corrected chi connectivity index (χ2v) is 5.85. The Bertz CT molecular complexity index is 532. The van der Waals surface area contributed by atoms with Gasteiger partial charge in [-0.2, -0.15) is 0 Å². The number of hydrogen-bond donors (Lipinski definition) is 1. The lowest BCUT2D eigenvalue weighted by Gasteiger charge is -2.25. The molecule has 0 saturated carbocycles. The van der Waals surface area contributed by atoms with Gasteiger partial charge in [-0.1, -0.05) is 29.8 Å². The van der Waals surface area contributed by atoms with E-state index in [0.29, 0.717) is 0 Å². The molecule has 0 radical (unpaired) electrons. The number of aromatic nitrogens is 1. The fraction of sp³-hybridized carbons (Fsp3) is 0.267. The summed E-state index contributed by atoms with van der Waals surface area (Å²) >= 11 is 3.39. The van der Waals surface area contributed by atoms with Crippen LogP contribution >= 0.6 is 15.9 Å². The maximum atomic E-state index is 6.43. The number of benzene rings is 1. The zero-order chi connectivity index (χ0) is 13.2. The summed E-state index contributed by atoms with van der Waals surface area (Å²) < 4.78 is 0.987. The van der Waals surface area contributed by atoms with E-state index in [0.717, 1.165) is 22.2 Å². The minimum Gasteiger partial charge on any atom is -0.321 e. The Labute approximate surface area is 116 Å². The van der Waals surface area contributed by atoms with Crippen molar-refractivity contribution >= 4 is 15.9 Å². The Kier molecular flexibility index (Phi) is 3.83. The summed E-state index contributed by atoms with van der Waals surface area (Å²) in [4.78, 5) is 4.38. The molecule has 1 atom stereocenters. The molecule has 0 bridgehead atoms. The van der Waals surface area contributed by atoms with Crippen LogP contribution in [0.3, 0.4) is 0 Å². The maximum absolute atomic E-state index is 6.43. The van der Waals surface area contributed by atoms with Crippen LogP contribution in [-0.2, 0) is 12.0 Å². The SMILES string of the molecule is Cc1cccc(C(C)(N)Cc2ccc(Br)cn2)c1. The van der Waals surface area contributed by atoms with Gasteiger partial charge in [0.25, 0.3) is 0 Å². The van der Waals surface area contributed by atoms with Gasteiger partial charge in [0.2, 0.25) is 0 Å². The fourth-order valence-corrected chi connectivity index (χ4v) is 2.22. The van der Waals surface area contributed by atoms with E-state index >= 15 is 0 Å². The van der Waals surface area contributed by atoms with Crippen molar-refractivity contribution in [3.05, 3.63) is 63.9 Å². The van der Waals surface area contributed by atoms with Crippen LogP contribution in [0.25, 0.3) is 0 Å². The van der Waals surface area contributed by atoms with Crippen molar-refractivity contribution in [2.75, 3.05) is 0 Å². The highest BCUT2D eigenvalue weighted by molar-refractivity contribution is 9.10. The van der Waals surface area contributed by atoms with Crippen molar-refractivity contribution in [1.29, 1.82) is 0 Å². The number of rotatable bonds is 3. The maximum Gasteiger partial charge on any atom is 0.0437 e.